The van der Waals surface area contributed by atoms with Gasteiger partial charge in [-0.2, -0.15) is 0 Å². The Bertz CT molecular complexity index is 1190. The highest BCUT2D eigenvalue weighted by Crippen LogP contribution is 2.31. The Morgan fingerprint density at radius 3 is 2.74 bits per heavy atom. The number of hydrogen-bond donors (Lipinski definition) is 2. The fourth-order valence-electron chi connectivity index (χ4n) is 2.87. The highest BCUT2D eigenvalue weighted by molar-refractivity contribution is 6.34. The van der Waals surface area contributed by atoms with Gasteiger partial charge in [0.25, 0.3) is 11.7 Å². The van der Waals surface area contributed by atoms with E-state index in [4.69, 9.17) is 16.1 Å². The number of hydrogen-bond acceptors (Lipinski definition) is 4. The van der Waals surface area contributed by atoms with Gasteiger partial charge in [0.1, 0.15) is 0 Å². The zero-order valence-corrected chi connectivity index (χ0v) is 14.8. The number of aromatic nitrogens is 2. The van der Waals surface area contributed by atoms with E-state index in [1.165, 1.54) is 4.68 Å². The molecule has 0 saturated heterocycles. The van der Waals surface area contributed by atoms with Crippen molar-refractivity contribution in [2.24, 2.45) is 0 Å². The zero-order chi connectivity index (χ0) is 19.1. The summed E-state index contributed by atoms with van der Waals surface area (Å²) in [6.45, 7) is 1.83. The van der Waals surface area contributed by atoms with Crippen LogP contribution in [0.1, 0.15) is 21.6 Å². The van der Waals surface area contributed by atoms with Crippen LogP contribution in [0.2, 0.25) is 5.02 Å². The van der Waals surface area contributed by atoms with Gasteiger partial charge < -0.3 is 5.32 Å². The fourth-order valence-corrected chi connectivity index (χ4v) is 3.04. The minimum atomic E-state index is -0.847. The molecule has 0 spiro atoms. The lowest BCUT2D eigenvalue weighted by atomic mass is 10.1. The van der Waals surface area contributed by atoms with Crippen LogP contribution in [0.15, 0.2) is 57.9 Å². The number of anilines is 1. The SMILES string of the molecule is Cc1ccc(-[n+]2[nH]oc(=O)c2C(=O)/C=C2/C(=O)Nc3ccccc32)cc1Cl. The summed E-state index contributed by atoms with van der Waals surface area (Å²) in [7, 11) is 0. The molecule has 1 amide bonds. The maximum Gasteiger partial charge on any atom is 0.439 e. The predicted molar refractivity (Wildman–Crippen MR) is 98.0 cm³/mol. The molecule has 1 aromatic heterocycles. The molecule has 7 nitrogen and oxygen atoms in total. The second-order valence-corrected chi connectivity index (χ2v) is 6.43. The molecule has 134 valence electrons. The van der Waals surface area contributed by atoms with Crippen molar-refractivity contribution in [2.75, 3.05) is 5.32 Å². The summed E-state index contributed by atoms with van der Waals surface area (Å²) in [5.41, 5.74) is 1.58. The van der Waals surface area contributed by atoms with Gasteiger partial charge in [-0.1, -0.05) is 35.9 Å². The average molecular weight is 383 g/mol. The first-order valence-electron chi connectivity index (χ1n) is 8.02. The zero-order valence-electron chi connectivity index (χ0n) is 14.1. The number of fused-ring (bicyclic) bond motifs is 1. The first-order valence-corrected chi connectivity index (χ1v) is 8.40. The van der Waals surface area contributed by atoms with Crippen LogP contribution < -0.4 is 15.6 Å². The number of carbonyl (C=O) groups excluding carboxylic acids is 2. The van der Waals surface area contributed by atoms with Crippen molar-refractivity contribution in [3.63, 3.8) is 0 Å². The molecule has 3 aromatic rings. The average Bonchev–Trinajstić information content (AvgIpc) is 3.18. The number of aromatic amines is 1. The van der Waals surface area contributed by atoms with Crippen LogP contribution in [0.3, 0.4) is 0 Å². The Morgan fingerprint density at radius 2 is 1.96 bits per heavy atom. The summed E-state index contributed by atoms with van der Waals surface area (Å²) >= 11 is 6.13. The van der Waals surface area contributed by atoms with Crippen LogP contribution in [-0.4, -0.2) is 17.0 Å². The number of aryl methyl sites for hydroxylation is 1. The van der Waals surface area contributed by atoms with Gasteiger partial charge >= 0.3 is 11.3 Å². The Morgan fingerprint density at radius 1 is 1.19 bits per heavy atom. The Hall–Kier alpha value is -3.45. The maximum atomic E-state index is 12.8. The predicted octanol–water partition coefficient (Wildman–Crippen LogP) is 2.42. The number of halogens is 1. The molecule has 27 heavy (non-hydrogen) atoms. The van der Waals surface area contributed by atoms with Gasteiger partial charge in [-0.3, -0.25) is 14.1 Å². The fraction of sp³-hybridized carbons (Fsp3) is 0.0526. The van der Waals surface area contributed by atoms with E-state index in [-0.39, 0.29) is 11.3 Å². The van der Waals surface area contributed by atoms with E-state index in [1.54, 1.807) is 42.5 Å². The minimum absolute atomic E-state index is 0.185. The molecule has 8 heteroatoms. The minimum Gasteiger partial charge on any atom is -0.321 e. The molecule has 0 saturated carbocycles. The molecule has 2 heterocycles. The molecule has 0 radical (unpaired) electrons. The molecular formula is C19H13ClN3O4+. The third-order valence-corrected chi connectivity index (χ3v) is 4.69. The summed E-state index contributed by atoms with van der Waals surface area (Å²) in [5.74, 6) is -1.07. The number of nitrogens with one attached hydrogen (secondary N) is 2. The standard InChI is InChI=1S/C19H12ClN3O4/c1-10-6-7-11(8-14(10)20)23-17(19(26)27-22-23)16(24)9-13-12-4-2-3-5-15(12)21-18(13)25/h2-9H,1H3,(H-,21,22,24,25,26)/p+1. The van der Waals surface area contributed by atoms with E-state index in [0.29, 0.717) is 22.0 Å². The van der Waals surface area contributed by atoms with Gasteiger partial charge in [0, 0.05) is 29.5 Å². The van der Waals surface area contributed by atoms with Gasteiger partial charge in [0.2, 0.25) is 5.69 Å². The molecule has 1 aliphatic rings. The van der Waals surface area contributed by atoms with E-state index in [2.05, 4.69) is 10.6 Å². The van der Waals surface area contributed by atoms with Gasteiger partial charge in [0.05, 0.1) is 10.6 Å². The Kier molecular flexibility index (Phi) is 4.01. The number of carbonyl (C=O) groups is 2. The summed E-state index contributed by atoms with van der Waals surface area (Å²) in [6, 6.07) is 12.0. The number of allylic oxidation sites excluding steroid dienone is 1. The van der Waals surface area contributed by atoms with Gasteiger partial charge in [-0.15, -0.1) is 0 Å². The molecule has 0 atom stereocenters. The second-order valence-electron chi connectivity index (χ2n) is 6.02. The molecule has 1 aliphatic heterocycles. The third kappa shape index (κ3) is 2.88. The third-order valence-electron chi connectivity index (χ3n) is 4.28. The molecule has 4 rings (SSSR count). The molecule has 2 N–H and O–H groups in total. The molecule has 0 aliphatic carbocycles. The first kappa shape index (κ1) is 17.0. The van der Waals surface area contributed by atoms with Crippen molar-refractivity contribution in [3.05, 3.63) is 80.8 Å². The molecule has 0 fully saturated rings. The van der Waals surface area contributed by atoms with Crippen molar-refractivity contribution in [3.8, 4) is 5.69 Å². The number of para-hydroxylation sites is 1. The number of H-pyrrole nitrogens is 1. The van der Waals surface area contributed by atoms with Crippen molar-refractivity contribution < 1.29 is 18.8 Å². The molecule has 0 bridgehead atoms. The van der Waals surface area contributed by atoms with E-state index >= 15 is 0 Å². The lowest BCUT2D eigenvalue weighted by molar-refractivity contribution is -0.672. The van der Waals surface area contributed by atoms with E-state index in [1.807, 2.05) is 6.92 Å². The maximum absolute atomic E-state index is 12.8. The van der Waals surface area contributed by atoms with Crippen molar-refractivity contribution in [1.82, 2.24) is 5.27 Å². The quantitative estimate of drug-likeness (QED) is 0.413. The molecular weight excluding hydrogens is 370 g/mol. The normalized spacial score (nSPS) is 14.3. The van der Waals surface area contributed by atoms with Gasteiger partial charge in [-0.25, -0.2) is 4.79 Å². The van der Waals surface area contributed by atoms with E-state index < -0.39 is 17.3 Å². The Balaban J connectivity index is 1.80. The summed E-state index contributed by atoms with van der Waals surface area (Å²) in [6.07, 6.45) is 1.13. The highest BCUT2D eigenvalue weighted by Gasteiger charge is 2.32. The van der Waals surface area contributed by atoms with Crippen LogP contribution in [0.5, 0.6) is 0 Å². The second kappa shape index (κ2) is 6.37. The van der Waals surface area contributed by atoms with Crippen LogP contribution >= 0.6 is 11.6 Å². The number of rotatable bonds is 3. The topological polar surface area (TPSA) is 96.1 Å². The van der Waals surface area contributed by atoms with Crippen LogP contribution in [-0.2, 0) is 4.79 Å². The van der Waals surface area contributed by atoms with Gasteiger partial charge in [0.15, 0.2) is 0 Å². The van der Waals surface area contributed by atoms with Crippen molar-refractivity contribution >= 4 is 34.6 Å². The summed E-state index contributed by atoms with van der Waals surface area (Å²) in [4.78, 5) is 37.1. The van der Waals surface area contributed by atoms with Crippen molar-refractivity contribution in [2.45, 2.75) is 6.92 Å². The monoisotopic (exact) mass is 382 g/mol. The van der Waals surface area contributed by atoms with Crippen LogP contribution in [0, 0.1) is 6.92 Å². The largest absolute Gasteiger partial charge is 0.439 e. The van der Waals surface area contributed by atoms with Crippen molar-refractivity contribution in [1.29, 1.82) is 0 Å². The highest BCUT2D eigenvalue weighted by atomic mass is 35.5. The number of amides is 1. The smallest absolute Gasteiger partial charge is 0.321 e. The summed E-state index contributed by atoms with van der Waals surface area (Å²) in [5, 5.41) is 5.55. The number of nitrogens with zero attached hydrogens (tertiary/aromatic N) is 1. The molecule has 2 aromatic carbocycles. The lowest BCUT2D eigenvalue weighted by Gasteiger charge is -1.98. The van der Waals surface area contributed by atoms with Crippen LogP contribution in [0.25, 0.3) is 11.3 Å². The number of benzene rings is 2. The van der Waals surface area contributed by atoms with E-state index in [9.17, 15) is 14.4 Å². The van der Waals surface area contributed by atoms with Crippen LogP contribution in [0.4, 0.5) is 5.69 Å². The Labute approximate surface area is 157 Å². The first-order chi connectivity index (χ1) is 13.0. The summed E-state index contributed by atoms with van der Waals surface area (Å²) < 4.78 is 5.99. The number of ketones is 1. The van der Waals surface area contributed by atoms with Gasteiger partial charge in [-0.05, 0) is 28.5 Å². The van der Waals surface area contributed by atoms with E-state index in [0.717, 1.165) is 11.6 Å². The molecule has 0 unspecified atom stereocenters. The lowest BCUT2D eigenvalue weighted by Crippen LogP contribution is -2.40.